The van der Waals surface area contributed by atoms with Gasteiger partial charge in [0.15, 0.2) is 5.78 Å². The van der Waals surface area contributed by atoms with Gasteiger partial charge in [0.1, 0.15) is 0 Å². The van der Waals surface area contributed by atoms with Crippen molar-refractivity contribution < 1.29 is 4.79 Å². The summed E-state index contributed by atoms with van der Waals surface area (Å²) >= 11 is 0. The largest absolute Gasteiger partial charge is 0.297 e. The molecule has 0 aliphatic carbocycles. The van der Waals surface area contributed by atoms with Crippen molar-refractivity contribution in [3.05, 3.63) is 35.9 Å². The van der Waals surface area contributed by atoms with E-state index in [2.05, 4.69) is 17.0 Å². The number of Topliss-reactive ketones (excluding diaryl/α,β-unsaturated/α-hetero) is 1. The predicted molar refractivity (Wildman–Crippen MR) is 63.2 cm³/mol. The van der Waals surface area contributed by atoms with Crippen LogP contribution < -0.4 is 0 Å². The van der Waals surface area contributed by atoms with Gasteiger partial charge in [-0.2, -0.15) is 0 Å². The average Bonchev–Trinajstić information content (AvgIpc) is 2.66. The normalized spacial score (nSPS) is 30.4. The number of carbonyl (C=O) groups excluding carboxylic acids is 1. The zero-order valence-electron chi connectivity index (χ0n) is 9.43. The topological polar surface area (TPSA) is 20.3 Å². The van der Waals surface area contributed by atoms with Gasteiger partial charge in [0.2, 0.25) is 0 Å². The predicted octanol–water partition coefficient (Wildman–Crippen LogP) is 2.56. The lowest BCUT2D eigenvalue weighted by atomic mass is 10.0. The van der Waals surface area contributed by atoms with Gasteiger partial charge in [0, 0.05) is 12.5 Å². The minimum Gasteiger partial charge on any atom is -0.297 e. The highest BCUT2D eigenvalue weighted by Crippen LogP contribution is 2.37. The fourth-order valence-corrected chi connectivity index (χ4v) is 3.12. The summed E-state index contributed by atoms with van der Waals surface area (Å²) in [6.45, 7) is 1.09. The minimum absolute atomic E-state index is 0.0477. The third-order valence-corrected chi connectivity index (χ3v) is 3.86. The van der Waals surface area contributed by atoms with Gasteiger partial charge in [-0.15, -0.1) is 0 Å². The second kappa shape index (κ2) is 4.02. The molecule has 1 aromatic carbocycles. The van der Waals surface area contributed by atoms with E-state index in [0.29, 0.717) is 11.8 Å². The van der Waals surface area contributed by atoms with Crippen LogP contribution in [-0.2, 0) is 4.79 Å². The van der Waals surface area contributed by atoms with Gasteiger partial charge in [-0.05, 0) is 24.9 Å². The molecule has 0 N–H and O–H groups in total. The fourth-order valence-electron chi connectivity index (χ4n) is 3.12. The van der Waals surface area contributed by atoms with Crippen LogP contribution in [0, 0.1) is 0 Å². The number of piperidine rings is 1. The van der Waals surface area contributed by atoms with Crippen molar-refractivity contribution in [2.24, 2.45) is 0 Å². The number of nitrogens with zero attached hydrogens (tertiary/aromatic N) is 1. The summed E-state index contributed by atoms with van der Waals surface area (Å²) < 4.78 is 0. The summed E-state index contributed by atoms with van der Waals surface area (Å²) in [6, 6.07) is 10.8. The third kappa shape index (κ3) is 1.57. The van der Waals surface area contributed by atoms with Crippen molar-refractivity contribution in [2.75, 3.05) is 6.54 Å². The Hall–Kier alpha value is -1.15. The quantitative estimate of drug-likeness (QED) is 0.717. The fraction of sp³-hybridized carbons (Fsp3) is 0.500. The maximum Gasteiger partial charge on any atom is 0.156 e. The Morgan fingerprint density at radius 3 is 2.75 bits per heavy atom. The first-order valence-corrected chi connectivity index (χ1v) is 6.19. The molecule has 2 nitrogen and oxygen atoms in total. The van der Waals surface area contributed by atoms with Gasteiger partial charge in [-0.25, -0.2) is 0 Å². The van der Waals surface area contributed by atoms with Crippen LogP contribution in [0.15, 0.2) is 30.3 Å². The van der Waals surface area contributed by atoms with Crippen LogP contribution in [0.2, 0.25) is 0 Å². The number of fused-ring (bicyclic) bond motifs is 1. The summed E-state index contributed by atoms with van der Waals surface area (Å²) in [5.41, 5.74) is 1.18. The molecule has 2 aliphatic heterocycles. The summed E-state index contributed by atoms with van der Waals surface area (Å²) in [4.78, 5) is 14.5. The molecule has 0 unspecified atom stereocenters. The van der Waals surface area contributed by atoms with E-state index >= 15 is 0 Å². The highest BCUT2D eigenvalue weighted by Gasteiger charge is 2.41. The first kappa shape index (κ1) is 10.0. The first-order valence-electron chi connectivity index (χ1n) is 6.19. The van der Waals surface area contributed by atoms with Gasteiger partial charge in [-0.3, -0.25) is 9.69 Å². The molecular formula is C14H17NO. The molecule has 2 saturated heterocycles. The van der Waals surface area contributed by atoms with Gasteiger partial charge in [-0.1, -0.05) is 36.8 Å². The molecule has 0 saturated carbocycles. The van der Waals surface area contributed by atoms with Gasteiger partial charge in [0.25, 0.3) is 0 Å². The average molecular weight is 215 g/mol. The number of hydrogen-bond donors (Lipinski definition) is 0. The molecule has 16 heavy (non-hydrogen) atoms. The summed E-state index contributed by atoms with van der Waals surface area (Å²) in [5.74, 6) is 0.415. The van der Waals surface area contributed by atoms with Crippen LogP contribution in [0.4, 0.5) is 0 Å². The Morgan fingerprint density at radius 2 is 1.94 bits per heavy atom. The molecule has 0 amide bonds. The van der Waals surface area contributed by atoms with Crippen LogP contribution in [0.25, 0.3) is 0 Å². The molecule has 0 radical (unpaired) electrons. The SMILES string of the molecule is O=C1C[C@H]2CCCCN2[C@H]1c1ccccc1. The van der Waals surface area contributed by atoms with Crippen molar-refractivity contribution in [3.63, 3.8) is 0 Å². The van der Waals surface area contributed by atoms with Crippen molar-refractivity contribution in [3.8, 4) is 0 Å². The van der Waals surface area contributed by atoms with Crippen molar-refractivity contribution in [1.82, 2.24) is 4.90 Å². The lowest BCUT2D eigenvalue weighted by Gasteiger charge is -2.33. The first-order chi connectivity index (χ1) is 7.86. The molecule has 2 atom stereocenters. The van der Waals surface area contributed by atoms with Crippen molar-refractivity contribution in [2.45, 2.75) is 37.8 Å². The number of hydrogen-bond acceptors (Lipinski definition) is 2. The van der Waals surface area contributed by atoms with Gasteiger partial charge < -0.3 is 0 Å². The van der Waals surface area contributed by atoms with Crippen LogP contribution >= 0.6 is 0 Å². The Morgan fingerprint density at radius 1 is 1.12 bits per heavy atom. The molecule has 1 aromatic rings. The molecule has 0 bridgehead atoms. The zero-order chi connectivity index (χ0) is 11.0. The highest BCUT2D eigenvalue weighted by atomic mass is 16.1. The Bertz CT molecular complexity index is 387. The number of rotatable bonds is 1. The lowest BCUT2D eigenvalue weighted by Crippen LogP contribution is -2.36. The van der Waals surface area contributed by atoms with E-state index in [4.69, 9.17) is 0 Å². The second-order valence-corrected chi connectivity index (χ2v) is 4.87. The Labute approximate surface area is 96.3 Å². The Balaban J connectivity index is 1.91. The van der Waals surface area contributed by atoms with E-state index in [-0.39, 0.29) is 6.04 Å². The monoisotopic (exact) mass is 215 g/mol. The van der Waals surface area contributed by atoms with Crippen LogP contribution in [0.3, 0.4) is 0 Å². The highest BCUT2D eigenvalue weighted by molar-refractivity contribution is 5.88. The molecule has 2 fully saturated rings. The van der Waals surface area contributed by atoms with Crippen LogP contribution in [-0.4, -0.2) is 23.3 Å². The molecule has 0 aromatic heterocycles. The zero-order valence-corrected chi connectivity index (χ0v) is 9.43. The van der Waals surface area contributed by atoms with E-state index in [0.717, 1.165) is 13.0 Å². The molecule has 84 valence electrons. The standard InChI is InChI=1S/C14H17NO/c16-13-10-12-8-4-5-9-15(12)14(13)11-6-2-1-3-7-11/h1-3,6-7,12,14H,4-5,8-10H2/t12-,14+/m1/s1. The van der Waals surface area contributed by atoms with Crippen LogP contribution in [0.5, 0.6) is 0 Å². The van der Waals surface area contributed by atoms with E-state index in [1.807, 2.05) is 18.2 Å². The third-order valence-electron chi connectivity index (χ3n) is 3.86. The summed E-state index contributed by atoms with van der Waals surface area (Å²) in [5, 5.41) is 0. The molecular weight excluding hydrogens is 198 g/mol. The van der Waals surface area contributed by atoms with Gasteiger partial charge in [0.05, 0.1) is 6.04 Å². The molecule has 0 spiro atoms. The maximum absolute atomic E-state index is 12.1. The molecule has 2 heterocycles. The van der Waals surface area contributed by atoms with E-state index in [1.54, 1.807) is 0 Å². The lowest BCUT2D eigenvalue weighted by molar-refractivity contribution is -0.120. The van der Waals surface area contributed by atoms with Crippen molar-refractivity contribution >= 4 is 5.78 Å². The summed E-state index contributed by atoms with van der Waals surface area (Å²) in [6.07, 6.45) is 4.50. The van der Waals surface area contributed by atoms with E-state index < -0.39 is 0 Å². The molecule has 3 rings (SSSR count). The number of carbonyl (C=O) groups is 1. The summed E-state index contributed by atoms with van der Waals surface area (Å²) in [7, 11) is 0. The van der Waals surface area contributed by atoms with Crippen molar-refractivity contribution in [1.29, 1.82) is 0 Å². The number of ketones is 1. The van der Waals surface area contributed by atoms with Gasteiger partial charge >= 0.3 is 0 Å². The maximum atomic E-state index is 12.1. The van der Waals surface area contributed by atoms with E-state index in [1.165, 1.54) is 24.8 Å². The van der Waals surface area contributed by atoms with Crippen LogP contribution in [0.1, 0.15) is 37.3 Å². The smallest absolute Gasteiger partial charge is 0.156 e. The molecule has 2 aliphatic rings. The second-order valence-electron chi connectivity index (χ2n) is 4.87. The van der Waals surface area contributed by atoms with E-state index in [9.17, 15) is 4.79 Å². The Kier molecular flexibility index (Phi) is 2.52. The molecule has 2 heteroatoms. The number of benzene rings is 1. The minimum atomic E-state index is 0.0477.